The molecular formula is C9H10N4. The molecule has 0 saturated carbocycles. The highest BCUT2D eigenvalue weighted by molar-refractivity contribution is 5.51. The minimum Gasteiger partial charge on any atom is -0.382 e. The molecule has 0 aromatic carbocycles. The number of anilines is 1. The average molecular weight is 174 g/mol. The highest BCUT2D eigenvalue weighted by atomic mass is 15.1. The Morgan fingerprint density at radius 1 is 1.38 bits per heavy atom. The molecule has 0 radical (unpaired) electrons. The molecule has 4 heteroatoms. The highest BCUT2D eigenvalue weighted by Crippen LogP contribution is 2.13. The van der Waals surface area contributed by atoms with Crippen LogP contribution in [-0.2, 0) is 0 Å². The van der Waals surface area contributed by atoms with Crippen molar-refractivity contribution in [2.45, 2.75) is 6.92 Å². The Kier molecular flexibility index (Phi) is 1.73. The maximum Gasteiger partial charge on any atom is 0.147 e. The van der Waals surface area contributed by atoms with Crippen LogP contribution in [0.25, 0.3) is 5.69 Å². The second-order valence-electron chi connectivity index (χ2n) is 2.83. The lowest BCUT2D eigenvalue weighted by Crippen LogP contribution is -1.98. The van der Waals surface area contributed by atoms with E-state index in [4.69, 9.17) is 5.73 Å². The van der Waals surface area contributed by atoms with Crippen LogP contribution in [0.2, 0.25) is 0 Å². The van der Waals surface area contributed by atoms with E-state index in [1.807, 2.05) is 29.8 Å². The largest absolute Gasteiger partial charge is 0.382 e. The van der Waals surface area contributed by atoms with Crippen LogP contribution < -0.4 is 5.73 Å². The lowest BCUT2D eigenvalue weighted by atomic mass is 10.4. The van der Waals surface area contributed by atoms with E-state index < -0.39 is 0 Å². The Morgan fingerprint density at radius 3 is 2.85 bits per heavy atom. The normalized spacial score (nSPS) is 10.2. The number of hydrogen-bond donors (Lipinski definition) is 1. The van der Waals surface area contributed by atoms with Crippen LogP contribution in [0.4, 0.5) is 5.82 Å². The molecular weight excluding hydrogens is 164 g/mol. The molecule has 0 aliphatic carbocycles. The average Bonchev–Trinajstić information content (AvgIpc) is 2.53. The van der Waals surface area contributed by atoms with Gasteiger partial charge in [0, 0.05) is 12.4 Å². The molecule has 0 unspecified atom stereocenters. The number of aromatic nitrogens is 3. The maximum atomic E-state index is 5.70. The molecule has 0 bridgehead atoms. The Morgan fingerprint density at radius 2 is 2.23 bits per heavy atom. The van der Waals surface area contributed by atoms with Gasteiger partial charge in [-0.2, -0.15) is 0 Å². The summed E-state index contributed by atoms with van der Waals surface area (Å²) in [5, 5.41) is 0. The van der Waals surface area contributed by atoms with Gasteiger partial charge >= 0.3 is 0 Å². The summed E-state index contributed by atoms with van der Waals surface area (Å²) in [5.41, 5.74) is 7.53. The maximum absolute atomic E-state index is 5.70. The summed E-state index contributed by atoms with van der Waals surface area (Å²) in [5.74, 6) is 0.514. The fraction of sp³-hybridized carbons (Fsp3) is 0.111. The van der Waals surface area contributed by atoms with E-state index in [1.165, 1.54) is 0 Å². The molecule has 66 valence electrons. The topological polar surface area (TPSA) is 56.7 Å². The van der Waals surface area contributed by atoms with Crippen molar-refractivity contribution >= 4 is 5.82 Å². The molecule has 0 saturated heterocycles. The number of nitrogens with zero attached hydrogens (tertiary/aromatic N) is 3. The lowest BCUT2D eigenvalue weighted by molar-refractivity contribution is 1.04. The standard InChI is InChI=1S/C9H10N4/c1-7-5-13(6-12-7)8-3-2-4-11-9(8)10/h2-6H,1H3,(H2,10,11). The van der Waals surface area contributed by atoms with E-state index >= 15 is 0 Å². The fourth-order valence-corrected chi connectivity index (χ4v) is 1.18. The van der Waals surface area contributed by atoms with Crippen molar-refractivity contribution < 1.29 is 0 Å². The molecule has 0 aliphatic rings. The number of rotatable bonds is 1. The predicted octanol–water partition coefficient (Wildman–Crippen LogP) is 1.16. The highest BCUT2D eigenvalue weighted by Gasteiger charge is 2.01. The monoisotopic (exact) mass is 174 g/mol. The first-order chi connectivity index (χ1) is 6.27. The quantitative estimate of drug-likeness (QED) is 0.705. The first kappa shape index (κ1) is 7.79. The molecule has 0 fully saturated rings. The second kappa shape index (κ2) is 2.90. The van der Waals surface area contributed by atoms with Gasteiger partial charge in [-0.1, -0.05) is 0 Å². The molecule has 2 heterocycles. The third-order valence-electron chi connectivity index (χ3n) is 1.81. The molecule has 2 aromatic rings. The van der Waals surface area contributed by atoms with Gasteiger partial charge in [0.15, 0.2) is 0 Å². The van der Waals surface area contributed by atoms with Crippen LogP contribution in [-0.4, -0.2) is 14.5 Å². The molecule has 0 atom stereocenters. The van der Waals surface area contributed by atoms with E-state index in [1.54, 1.807) is 12.5 Å². The molecule has 0 amide bonds. The van der Waals surface area contributed by atoms with Crippen molar-refractivity contribution in [2.24, 2.45) is 0 Å². The number of hydrogen-bond acceptors (Lipinski definition) is 3. The number of aryl methyl sites for hydroxylation is 1. The van der Waals surface area contributed by atoms with Crippen LogP contribution in [0.15, 0.2) is 30.9 Å². The Balaban J connectivity index is 2.52. The second-order valence-corrected chi connectivity index (χ2v) is 2.83. The SMILES string of the molecule is Cc1cn(-c2cccnc2N)cn1. The number of imidazole rings is 1. The summed E-state index contributed by atoms with van der Waals surface area (Å²) in [6.07, 6.45) is 5.30. The molecule has 2 N–H and O–H groups in total. The van der Waals surface area contributed by atoms with Crippen LogP contribution in [0.1, 0.15) is 5.69 Å². The zero-order chi connectivity index (χ0) is 9.26. The number of pyridine rings is 1. The van der Waals surface area contributed by atoms with E-state index in [0.717, 1.165) is 11.4 Å². The van der Waals surface area contributed by atoms with Gasteiger partial charge in [0.05, 0.1) is 17.7 Å². The lowest BCUT2D eigenvalue weighted by Gasteiger charge is -2.03. The minimum atomic E-state index is 0.514. The Hall–Kier alpha value is -1.84. The van der Waals surface area contributed by atoms with Crippen LogP contribution in [0, 0.1) is 6.92 Å². The van der Waals surface area contributed by atoms with Crippen LogP contribution >= 0.6 is 0 Å². The smallest absolute Gasteiger partial charge is 0.147 e. The van der Waals surface area contributed by atoms with E-state index in [9.17, 15) is 0 Å². The van der Waals surface area contributed by atoms with E-state index in [-0.39, 0.29) is 0 Å². The van der Waals surface area contributed by atoms with E-state index in [0.29, 0.717) is 5.82 Å². The fourth-order valence-electron chi connectivity index (χ4n) is 1.18. The van der Waals surface area contributed by atoms with Gasteiger partial charge < -0.3 is 10.3 Å². The summed E-state index contributed by atoms with van der Waals surface area (Å²) in [6, 6.07) is 3.75. The van der Waals surface area contributed by atoms with Gasteiger partial charge in [-0.15, -0.1) is 0 Å². The molecule has 2 rings (SSSR count). The summed E-state index contributed by atoms with van der Waals surface area (Å²) >= 11 is 0. The van der Waals surface area contributed by atoms with Gasteiger partial charge in [0.2, 0.25) is 0 Å². The van der Waals surface area contributed by atoms with Crippen molar-refractivity contribution in [3.63, 3.8) is 0 Å². The molecule has 0 aliphatic heterocycles. The first-order valence-corrected chi connectivity index (χ1v) is 3.99. The van der Waals surface area contributed by atoms with Gasteiger partial charge in [0.1, 0.15) is 5.82 Å². The summed E-state index contributed by atoms with van der Waals surface area (Å²) < 4.78 is 1.86. The zero-order valence-corrected chi connectivity index (χ0v) is 7.31. The number of nitrogens with two attached hydrogens (primary N) is 1. The van der Waals surface area contributed by atoms with Gasteiger partial charge in [-0.05, 0) is 19.1 Å². The van der Waals surface area contributed by atoms with Gasteiger partial charge in [0.25, 0.3) is 0 Å². The van der Waals surface area contributed by atoms with Crippen molar-refractivity contribution in [3.8, 4) is 5.69 Å². The molecule has 13 heavy (non-hydrogen) atoms. The van der Waals surface area contributed by atoms with Crippen molar-refractivity contribution in [2.75, 3.05) is 5.73 Å². The predicted molar refractivity (Wildman–Crippen MR) is 50.5 cm³/mol. The van der Waals surface area contributed by atoms with Crippen LogP contribution in [0.3, 0.4) is 0 Å². The summed E-state index contributed by atoms with van der Waals surface area (Å²) in [6.45, 7) is 1.93. The third-order valence-corrected chi connectivity index (χ3v) is 1.81. The van der Waals surface area contributed by atoms with Crippen molar-refractivity contribution in [1.82, 2.24) is 14.5 Å². The summed E-state index contributed by atoms with van der Waals surface area (Å²) in [7, 11) is 0. The Labute approximate surface area is 76.1 Å². The van der Waals surface area contributed by atoms with Crippen molar-refractivity contribution in [3.05, 3.63) is 36.5 Å². The molecule has 4 nitrogen and oxygen atoms in total. The third kappa shape index (κ3) is 1.38. The summed E-state index contributed by atoms with van der Waals surface area (Å²) in [4.78, 5) is 8.11. The van der Waals surface area contributed by atoms with Crippen molar-refractivity contribution in [1.29, 1.82) is 0 Å². The van der Waals surface area contributed by atoms with Crippen LogP contribution in [0.5, 0.6) is 0 Å². The minimum absolute atomic E-state index is 0.514. The van der Waals surface area contributed by atoms with E-state index in [2.05, 4.69) is 9.97 Å². The van der Waals surface area contributed by atoms with Gasteiger partial charge in [-0.25, -0.2) is 9.97 Å². The molecule has 0 spiro atoms. The van der Waals surface area contributed by atoms with Gasteiger partial charge in [-0.3, -0.25) is 0 Å². The molecule has 2 aromatic heterocycles. The first-order valence-electron chi connectivity index (χ1n) is 3.99. The number of nitrogen functional groups attached to an aromatic ring is 1. The zero-order valence-electron chi connectivity index (χ0n) is 7.31. The Bertz CT molecular complexity index is 419.